The zero-order chi connectivity index (χ0) is 12.8. The molecule has 0 amide bonds. The summed E-state index contributed by atoms with van der Waals surface area (Å²) >= 11 is 0. The SMILES string of the molecule is N=Nc1ccc(F)cc1COB1OCCCCO1. The van der Waals surface area contributed by atoms with Crippen LogP contribution in [0.5, 0.6) is 0 Å². The van der Waals surface area contributed by atoms with Crippen molar-refractivity contribution in [3.8, 4) is 0 Å². The number of nitrogens with zero attached hydrogens (tertiary/aromatic N) is 1. The zero-order valence-corrected chi connectivity index (χ0v) is 9.89. The van der Waals surface area contributed by atoms with E-state index in [-0.39, 0.29) is 12.4 Å². The monoisotopic (exact) mass is 252 g/mol. The molecule has 96 valence electrons. The van der Waals surface area contributed by atoms with Crippen molar-refractivity contribution in [3.63, 3.8) is 0 Å². The minimum absolute atomic E-state index is 0.0974. The highest BCUT2D eigenvalue weighted by Crippen LogP contribution is 2.21. The van der Waals surface area contributed by atoms with Crippen LogP contribution in [0.15, 0.2) is 23.3 Å². The number of halogens is 1. The van der Waals surface area contributed by atoms with Gasteiger partial charge in [-0.15, -0.1) is 0 Å². The van der Waals surface area contributed by atoms with Gasteiger partial charge in [-0.1, -0.05) is 0 Å². The van der Waals surface area contributed by atoms with E-state index in [1.807, 2.05) is 0 Å². The van der Waals surface area contributed by atoms with Crippen molar-refractivity contribution < 1.29 is 18.4 Å². The average molecular weight is 252 g/mol. The Morgan fingerprint density at radius 3 is 2.72 bits per heavy atom. The van der Waals surface area contributed by atoms with Crippen molar-refractivity contribution in [1.29, 1.82) is 5.53 Å². The fourth-order valence-electron chi connectivity index (χ4n) is 1.64. The molecular weight excluding hydrogens is 238 g/mol. The Morgan fingerprint density at radius 2 is 2.06 bits per heavy atom. The van der Waals surface area contributed by atoms with Crippen LogP contribution in [0.4, 0.5) is 10.1 Å². The van der Waals surface area contributed by atoms with Gasteiger partial charge in [-0.25, -0.2) is 9.92 Å². The Morgan fingerprint density at radius 1 is 1.33 bits per heavy atom. The molecule has 1 N–H and O–H groups in total. The van der Waals surface area contributed by atoms with Gasteiger partial charge in [0.2, 0.25) is 0 Å². The van der Waals surface area contributed by atoms with E-state index < -0.39 is 7.32 Å². The van der Waals surface area contributed by atoms with Crippen LogP contribution in [0, 0.1) is 11.3 Å². The molecule has 1 aliphatic heterocycles. The topological polar surface area (TPSA) is 63.9 Å². The maximum Gasteiger partial charge on any atom is 0.639 e. The summed E-state index contributed by atoms with van der Waals surface area (Å²) in [6.07, 6.45) is 1.88. The summed E-state index contributed by atoms with van der Waals surface area (Å²) in [6.45, 7) is 1.27. The van der Waals surface area contributed by atoms with E-state index in [2.05, 4.69) is 5.11 Å². The molecule has 0 unspecified atom stereocenters. The molecule has 0 radical (unpaired) electrons. The first-order valence-corrected chi connectivity index (χ1v) is 5.80. The first-order chi connectivity index (χ1) is 8.79. The first-order valence-electron chi connectivity index (χ1n) is 5.80. The molecular formula is C11H14BFN2O3. The van der Waals surface area contributed by atoms with Gasteiger partial charge in [0.25, 0.3) is 0 Å². The van der Waals surface area contributed by atoms with Crippen molar-refractivity contribution >= 4 is 13.0 Å². The minimum Gasteiger partial charge on any atom is -0.386 e. The second-order valence-corrected chi connectivity index (χ2v) is 3.93. The van der Waals surface area contributed by atoms with Gasteiger partial charge in [0.05, 0.1) is 12.3 Å². The van der Waals surface area contributed by atoms with Crippen molar-refractivity contribution in [2.24, 2.45) is 5.11 Å². The maximum absolute atomic E-state index is 13.1. The highest BCUT2D eigenvalue weighted by Gasteiger charge is 2.23. The number of hydrogen-bond acceptors (Lipinski definition) is 5. The molecule has 1 aromatic carbocycles. The highest BCUT2D eigenvalue weighted by atomic mass is 19.1. The molecule has 0 aromatic heterocycles. The predicted octanol–water partition coefficient (Wildman–Crippen LogP) is 2.82. The summed E-state index contributed by atoms with van der Waals surface area (Å²) in [5.41, 5.74) is 7.88. The van der Waals surface area contributed by atoms with Gasteiger partial charge < -0.3 is 14.0 Å². The molecule has 0 aliphatic carbocycles. The van der Waals surface area contributed by atoms with Crippen molar-refractivity contribution in [2.45, 2.75) is 19.4 Å². The molecule has 1 saturated heterocycles. The number of rotatable bonds is 4. The fraction of sp³-hybridized carbons (Fsp3) is 0.455. The largest absolute Gasteiger partial charge is 0.639 e. The Kier molecular flexibility index (Phi) is 4.80. The lowest BCUT2D eigenvalue weighted by Crippen LogP contribution is -2.25. The molecule has 0 atom stereocenters. The highest BCUT2D eigenvalue weighted by molar-refractivity contribution is 6.36. The van der Waals surface area contributed by atoms with Gasteiger partial charge in [-0.2, -0.15) is 5.11 Å². The van der Waals surface area contributed by atoms with Crippen LogP contribution < -0.4 is 0 Å². The predicted molar refractivity (Wildman–Crippen MR) is 62.9 cm³/mol. The van der Waals surface area contributed by atoms with Crippen LogP contribution in [-0.2, 0) is 20.6 Å². The van der Waals surface area contributed by atoms with Crippen LogP contribution in [0.2, 0.25) is 0 Å². The Labute approximate surface area is 105 Å². The molecule has 1 heterocycles. The lowest BCUT2D eigenvalue weighted by Gasteiger charge is -2.11. The third kappa shape index (κ3) is 3.59. The molecule has 1 aliphatic rings. The van der Waals surface area contributed by atoms with Gasteiger partial charge >= 0.3 is 7.32 Å². The summed E-state index contributed by atoms with van der Waals surface area (Å²) in [4.78, 5) is 0. The fourth-order valence-corrected chi connectivity index (χ4v) is 1.64. The van der Waals surface area contributed by atoms with Crippen molar-refractivity contribution in [3.05, 3.63) is 29.6 Å². The normalized spacial score (nSPS) is 16.4. The van der Waals surface area contributed by atoms with Crippen LogP contribution in [0.25, 0.3) is 0 Å². The summed E-state index contributed by atoms with van der Waals surface area (Å²) < 4.78 is 29.1. The average Bonchev–Trinajstić information content (AvgIpc) is 2.65. The molecule has 2 rings (SSSR count). The van der Waals surface area contributed by atoms with Crippen LogP contribution in [0.3, 0.4) is 0 Å². The third-order valence-corrected chi connectivity index (χ3v) is 2.58. The van der Waals surface area contributed by atoms with E-state index in [1.54, 1.807) is 0 Å². The first kappa shape index (κ1) is 13.1. The Balaban J connectivity index is 1.96. The second-order valence-electron chi connectivity index (χ2n) is 3.93. The van der Waals surface area contributed by atoms with Gasteiger partial charge in [0, 0.05) is 18.8 Å². The number of nitrogens with one attached hydrogen (secondary N) is 1. The molecule has 1 fully saturated rings. The third-order valence-electron chi connectivity index (χ3n) is 2.58. The summed E-state index contributed by atoms with van der Waals surface area (Å²) in [5.74, 6) is -0.385. The number of hydrogen-bond donors (Lipinski definition) is 1. The number of benzene rings is 1. The van der Waals surface area contributed by atoms with Crippen molar-refractivity contribution in [2.75, 3.05) is 13.2 Å². The molecule has 7 heteroatoms. The van der Waals surface area contributed by atoms with E-state index in [0.717, 1.165) is 12.8 Å². The van der Waals surface area contributed by atoms with Crippen LogP contribution in [-0.4, -0.2) is 20.5 Å². The zero-order valence-electron chi connectivity index (χ0n) is 9.89. The smallest absolute Gasteiger partial charge is 0.386 e. The summed E-state index contributed by atoms with van der Waals surface area (Å²) in [6, 6.07) is 4.00. The van der Waals surface area contributed by atoms with Gasteiger partial charge in [-0.3, -0.25) is 0 Å². The summed E-state index contributed by atoms with van der Waals surface area (Å²) in [5, 5.41) is 3.32. The van der Waals surface area contributed by atoms with Gasteiger partial charge in [-0.05, 0) is 31.0 Å². The van der Waals surface area contributed by atoms with Crippen molar-refractivity contribution in [1.82, 2.24) is 0 Å². The second kappa shape index (κ2) is 6.58. The maximum atomic E-state index is 13.1. The molecule has 5 nitrogen and oxygen atoms in total. The molecule has 0 saturated carbocycles. The Bertz CT molecular complexity index is 411. The van der Waals surface area contributed by atoms with E-state index in [4.69, 9.17) is 19.5 Å². The van der Waals surface area contributed by atoms with Gasteiger partial charge in [0.1, 0.15) is 5.82 Å². The lowest BCUT2D eigenvalue weighted by atomic mass is 10.1. The minimum atomic E-state index is -0.727. The van der Waals surface area contributed by atoms with E-state index in [9.17, 15) is 4.39 Å². The lowest BCUT2D eigenvalue weighted by molar-refractivity contribution is 0.107. The van der Waals surface area contributed by atoms with Gasteiger partial charge in [0.15, 0.2) is 0 Å². The molecule has 0 bridgehead atoms. The standard InChI is InChI=1S/C11H14BFN2O3/c13-10-3-4-11(15-14)9(7-10)8-18-12-16-5-1-2-6-17-12/h3-4,7,14H,1-2,5-6,8H2. The van der Waals surface area contributed by atoms with Crippen LogP contribution in [0.1, 0.15) is 18.4 Å². The van der Waals surface area contributed by atoms with E-state index in [1.165, 1.54) is 18.2 Å². The van der Waals surface area contributed by atoms with Crippen LogP contribution >= 0.6 is 0 Å². The van der Waals surface area contributed by atoms with E-state index in [0.29, 0.717) is 24.5 Å². The molecule has 1 aromatic rings. The quantitative estimate of drug-likeness (QED) is 0.661. The summed E-state index contributed by atoms with van der Waals surface area (Å²) in [7, 11) is -0.727. The molecule has 18 heavy (non-hydrogen) atoms. The Hall–Kier alpha value is -1.31. The van der Waals surface area contributed by atoms with E-state index >= 15 is 0 Å². The molecule has 0 spiro atoms.